The number of rotatable bonds is 4. The molecule has 0 saturated heterocycles. The first-order valence-electron chi connectivity index (χ1n) is 9.92. The summed E-state index contributed by atoms with van der Waals surface area (Å²) in [5, 5.41) is 3.52. The minimum absolute atomic E-state index is 0.140. The second-order valence-corrected chi connectivity index (χ2v) is 11.0. The van der Waals surface area contributed by atoms with Crippen molar-refractivity contribution in [2.75, 3.05) is 6.54 Å². The van der Waals surface area contributed by atoms with Crippen LogP contribution in [0.15, 0.2) is 29.2 Å². The quantitative estimate of drug-likeness (QED) is 0.827. The smallest absolute Gasteiger partial charge is 0.280 e. The molecule has 0 radical (unpaired) electrons. The number of fused-ring (bicyclic) bond motifs is 3. The fourth-order valence-corrected chi connectivity index (χ4v) is 6.86. The van der Waals surface area contributed by atoms with Crippen molar-refractivity contribution in [1.82, 2.24) is 14.6 Å². The molecule has 2 aromatic rings. The highest BCUT2D eigenvalue weighted by Gasteiger charge is 2.37. The van der Waals surface area contributed by atoms with Crippen LogP contribution in [-0.2, 0) is 16.6 Å². The van der Waals surface area contributed by atoms with Gasteiger partial charge in [-0.2, -0.15) is 4.31 Å². The van der Waals surface area contributed by atoms with Gasteiger partial charge in [-0.15, -0.1) is 11.3 Å². The number of aromatic nitrogens is 1. The molecular weight excluding hydrogens is 394 g/mol. The maximum Gasteiger partial charge on any atom is 0.280 e. The van der Waals surface area contributed by atoms with Crippen LogP contribution in [0.3, 0.4) is 0 Å². The first-order valence-corrected chi connectivity index (χ1v) is 12.2. The van der Waals surface area contributed by atoms with Crippen molar-refractivity contribution < 1.29 is 13.2 Å². The van der Waals surface area contributed by atoms with E-state index in [9.17, 15) is 13.2 Å². The van der Waals surface area contributed by atoms with Crippen LogP contribution in [0.25, 0.3) is 11.3 Å². The average molecular weight is 418 g/mol. The Morgan fingerprint density at radius 1 is 1.18 bits per heavy atom. The Morgan fingerprint density at radius 3 is 2.68 bits per heavy atom. The molecule has 148 valence electrons. The third kappa shape index (κ3) is 3.27. The zero-order valence-electron chi connectivity index (χ0n) is 15.6. The maximum atomic E-state index is 13.2. The SMILES string of the molecule is O=C(NC1CCCC1)c1nc2c(s1)CN(CC1CC1)S(=O)(=O)c1ccccc1-2. The van der Waals surface area contributed by atoms with Gasteiger partial charge in [0.15, 0.2) is 5.01 Å². The topological polar surface area (TPSA) is 79.4 Å². The lowest BCUT2D eigenvalue weighted by molar-refractivity contribution is 0.0937. The van der Waals surface area contributed by atoms with Gasteiger partial charge in [0.05, 0.1) is 17.1 Å². The summed E-state index contributed by atoms with van der Waals surface area (Å²) in [6.45, 7) is 0.828. The molecule has 28 heavy (non-hydrogen) atoms. The van der Waals surface area contributed by atoms with E-state index in [0.29, 0.717) is 33.6 Å². The minimum atomic E-state index is -3.56. The van der Waals surface area contributed by atoms with Crippen molar-refractivity contribution in [1.29, 1.82) is 0 Å². The molecule has 1 aliphatic heterocycles. The number of benzene rings is 1. The number of sulfonamides is 1. The summed E-state index contributed by atoms with van der Waals surface area (Å²) in [5.41, 5.74) is 1.24. The molecule has 0 bridgehead atoms. The summed E-state index contributed by atoms with van der Waals surface area (Å²) in [6, 6.07) is 7.25. The van der Waals surface area contributed by atoms with E-state index in [0.717, 1.165) is 43.4 Å². The van der Waals surface area contributed by atoms with Gasteiger partial charge in [-0.3, -0.25) is 4.79 Å². The Bertz CT molecular complexity index is 1020. The number of carbonyl (C=O) groups excluding carboxylic acids is 1. The van der Waals surface area contributed by atoms with E-state index in [4.69, 9.17) is 0 Å². The number of thiazole rings is 1. The Kier molecular flexibility index (Phi) is 4.52. The van der Waals surface area contributed by atoms with Crippen LogP contribution >= 0.6 is 11.3 Å². The van der Waals surface area contributed by atoms with Gasteiger partial charge < -0.3 is 5.32 Å². The molecule has 8 heteroatoms. The maximum absolute atomic E-state index is 13.2. The lowest BCUT2D eigenvalue weighted by Gasteiger charge is -2.20. The van der Waals surface area contributed by atoms with Crippen LogP contribution in [-0.4, -0.2) is 36.2 Å². The normalized spacial score (nSPS) is 21.7. The van der Waals surface area contributed by atoms with Gasteiger partial charge in [0.2, 0.25) is 10.0 Å². The molecule has 1 amide bonds. The molecule has 1 aromatic carbocycles. The summed E-state index contributed by atoms with van der Waals surface area (Å²) in [5.74, 6) is 0.306. The van der Waals surface area contributed by atoms with Gasteiger partial charge in [0.25, 0.3) is 5.91 Å². The second kappa shape index (κ2) is 6.93. The molecule has 2 saturated carbocycles. The van der Waals surface area contributed by atoms with E-state index in [1.807, 2.05) is 6.07 Å². The molecule has 2 heterocycles. The van der Waals surface area contributed by atoms with Crippen molar-refractivity contribution in [3.63, 3.8) is 0 Å². The molecule has 3 aliphatic rings. The van der Waals surface area contributed by atoms with Crippen molar-refractivity contribution in [2.45, 2.75) is 56.0 Å². The standard InChI is InChI=1S/C20H23N3O3S2/c24-19(21-14-5-1-2-6-14)20-22-18-15-7-3-4-8-17(15)28(25,26)23(11-13-9-10-13)12-16(18)27-20/h3-4,7-8,13-14H,1-2,5-6,9-12H2,(H,21,24). The van der Waals surface area contributed by atoms with Gasteiger partial charge in [-0.05, 0) is 37.7 Å². The van der Waals surface area contributed by atoms with Crippen LogP contribution in [0, 0.1) is 5.92 Å². The van der Waals surface area contributed by atoms with Crippen molar-refractivity contribution in [3.8, 4) is 11.3 Å². The van der Waals surface area contributed by atoms with Crippen LogP contribution in [0.4, 0.5) is 0 Å². The Hall–Kier alpha value is -1.77. The predicted octanol–water partition coefficient (Wildman–Crippen LogP) is 3.40. The molecule has 0 spiro atoms. The number of amides is 1. The second-order valence-electron chi connectivity index (χ2n) is 7.98. The van der Waals surface area contributed by atoms with E-state index in [-0.39, 0.29) is 18.5 Å². The summed E-state index contributed by atoms with van der Waals surface area (Å²) < 4.78 is 28.0. The Morgan fingerprint density at radius 2 is 1.93 bits per heavy atom. The van der Waals surface area contributed by atoms with Gasteiger partial charge >= 0.3 is 0 Å². The van der Waals surface area contributed by atoms with E-state index in [2.05, 4.69) is 10.3 Å². The molecule has 6 nitrogen and oxygen atoms in total. The van der Waals surface area contributed by atoms with E-state index >= 15 is 0 Å². The summed E-state index contributed by atoms with van der Waals surface area (Å²) in [4.78, 5) is 18.5. The average Bonchev–Trinajstić information content (AvgIpc) is 3.19. The molecule has 1 N–H and O–H groups in total. The molecular formula is C20H23N3O3S2. The zero-order chi connectivity index (χ0) is 19.3. The van der Waals surface area contributed by atoms with Gasteiger partial charge in [-0.25, -0.2) is 13.4 Å². The highest BCUT2D eigenvalue weighted by atomic mass is 32.2. The minimum Gasteiger partial charge on any atom is -0.347 e. The fraction of sp³-hybridized carbons (Fsp3) is 0.500. The predicted molar refractivity (Wildman–Crippen MR) is 108 cm³/mol. The summed E-state index contributed by atoms with van der Waals surface area (Å²) in [7, 11) is -3.56. The van der Waals surface area contributed by atoms with E-state index in [1.165, 1.54) is 11.3 Å². The van der Waals surface area contributed by atoms with E-state index < -0.39 is 10.0 Å². The van der Waals surface area contributed by atoms with Crippen LogP contribution < -0.4 is 5.32 Å². The lowest BCUT2D eigenvalue weighted by atomic mass is 10.1. The first kappa shape index (κ1) is 18.3. The molecule has 2 aliphatic carbocycles. The zero-order valence-corrected chi connectivity index (χ0v) is 17.2. The number of hydrogen-bond donors (Lipinski definition) is 1. The number of nitrogens with one attached hydrogen (secondary N) is 1. The number of nitrogens with zero attached hydrogens (tertiary/aromatic N) is 2. The summed E-state index contributed by atoms with van der Waals surface area (Å²) >= 11 is 1.33. The Labute approximate surface area is 169 Å². The van der Waals surface area contributed by atoms with Crippen molar-refractivity contribution in [3.05, 3.63) is 34.2 Å². The number of hydrogen-bond acceptors (Lipinski definition) is 5. The largest absolute Gasteiger partial charge is 0.347 e. The highest BCUT2D eigenvalue weighted by molar-refractivity contribution is 7.89. The molecule has 0 atom stereocenters. The monoisotopic (exact) mass is 417 g/mol. The molecule has 5 rings (SSSR count). The van der Waals surface area contributed by atoms with Crippen molar-refractivity contribution in [2.24, 2.45) is 5.92 Å². The summed E-state index contributed by atoms with van der Waals surface area (Å²) in [6.07, 6.45) is 6.51. The number of carbonyl (C=O) groups is 1. The lowest BCUT2D eigenvalue weighted by Crippen LogP contribution is -2.32. The van der Waals surface area contributed by atoms with Gasteiger partial charge in [0.1, 0.15) is 0 Å². The molecule has 0 unspecified atom stereocenters. The fourth-order valence-electron chi connectivity index (χ4n) is 4.11. The van der Waals surface area contributed by atoms with Crippen LogP contribution in [0.1, 0.15) is 53.2 Å². The molecule has 1 aromatic heterocycles. The highest BCUT2D eigenvalue weighted by Crippen LogP contribution is 2.41. The third-order valence-corrected chi connectivity index (χ3v) is 8.73. The van der Waals surface area contributed by atoms with E-state index in [1.54, 1.807) is 22.5 Å². The van der Waals surface area contributed by atoms with Gasteiger partial charge in [-0.1, -0.05) is 31.0 Å². The molecule has 2 fully saturated rings. The first-order chi connectivity index (χ1) is 13.5. The van der Waals surface area contributed by atoms with Crippen LogP contribution in [0.5, 0.6) is 0 Å². The third-order valence-electron chi connectivity index (χ3n) is 5.82. The Balaban J connectivity index is 1.54. The van der Waals surface area contributed by atoms with Crippen molar-refractivity contribution >= 4 is 27.3 Å². The van der Waals surface area contributed by atoms with Gasteiger partial charge in [0, 0.05) is 23.0 Å². The van der Waals surface area contributed by atoms with Crippen LogP contribution in [0.2, 0.25) is 0 Å².